The molecule has 0 amide bonds. The van der Waals surface area contributed by atoms with Crippen molar-refractivity contribution in [3.05, 3.63) is 71.9 Å². The molecule has 0 atom stereocenters. The van der Waals surface area contributed by atoms with Crippen LogP contribution >= 0.6 is 0 Å². The molecule has 1 aromatic heterocycles. The van der Waals surface area contributed by atoms with Crippen molar-refractivity contribution in [1.82, 2.24) is 9.88 Å². The average molecular weight is 459 g/mol. The number of hydrogen-bond acceptors (Lipinski definition) is 9. The molecule has 0 saturated heterocycles. The van der Waals surface area contributed by atoms with Crippen LogP contribution in [0.5, 0.6) is 11.5 Å². The number of nitro groups is 3. The first-order chi connectivity index (χ1) is 15.6. The summed E-state index contributed by atoms with van der Waals surface area (Å²) in [7, 11) is 4.20. The number of aryl methyl sites for hydroxylation is 1. The van der Waals surface area contributed by atoms with E-state index in [1.807, 2.05) is 0 Å². The van der Waals surface area contributed by atoms with Crippen LogP contribution in [0.25, 0.3) is 10.9 Å². The van der Waals surface area contributed by atoms with Gasteiger partial charge in [0, 0.05) is 23.7 Å². The second-order valence-electron chi connectivity index (χ2n) is 7.57. The number of ether oxygens (including phenoxy) is 1. The van der Waals surface area contributed by atoms with Crippen molar-refractivity contribution >= 4 is 28.0 Å². The van der Waals surface area contributed by atoms with Crippen molar-refractivity contribution in [2.24, 2.45) is 0 Å². The van der Waals surface area contributed by atoms with E-state index in [4.69, 9.17) is 9.84 Å². The number of benzene rings is 2. The Labute approximate surface area is 186 Å². The summed E-state index contributed by atoms with van der Waals surface area (Å²) in [5, 5.41) is 41.6. The number of hydrogen-bond donors (Lipinski definition) is 2. The van der Waals surface area contributed by atoms with Crippen LogP contribution in [-0.2, 0) is 13.0 Å². The van der Waals surface area contributed by atoms with Crippen LogP contribution in [0, 0.1) is 30.3 Å². The zero-order valence-electron chi connectivity index (χ0n) is 17.8. The van der Waals surface area contributed by atoms with Gasteiger partial charge in [0.05, 0.1) is 39.0 Å². The van der Waals surface area contributed by atoms with Gasteiger partial charge < -0.3 is 19.7 Å². The SMILES string of the molecule is CN(C)Cc1c[nH]c2c3c(ccc12)OCCC3.O=[N+]([O-])c1cc([N+](=O)[O-])c(O)c([N+](=O)[O-])c1. The van der Waals surface area contributed by atoms with Crippen LogP contribution in [0.1, 0.15) is 17.5 Å². The van der Waals surface area contributed by atoms with E-state index in [2.05, 4.69) is 42.3 Å². The summed E-state index contributed by atoms with van der Waals surface area (Å²) in [6.45, 7) is 1.82. The molecule has 1 aliphatic rings. The molecular weight excluding hydrogens is 438 g/mol. The van der Waals surface area contributed by atoms with Gasteiger partial charge in [-0.25, -0.2) is 0 Å². The molecule has 2 aromatic carbocycles. The van der Waals surface area contributed by atoms with Gasteiger partial charge in [0.2, 0.25) is 0 Å². The number of H-pyrrole nitrogens is 1. The highest BCUT2D eigenvalue weighted by Gasteiger charge is 2.30. The lowest BCUT2D eigenvalue weighted by Gasteiger charge is -2.17. The Balaban J connectivity index is 0.000000186. The third kappa shape index (κ3) is 4.98. The Morgan fingerprint density at radius 2 is 1.70 bits per heavy atom. The molecule has 174 valence electrons. The predicted molar refractivity (Wildman–Crippen MR) is 118 cm³/mol. The maximum absolute atomic E-state index is 10.4. The van der Waals surface area contributed by atoms with E-state index in [0.717, 1.165) is 31.7 Å². The fraction of sp³-hybridized carbons (Fsp3) is 0.300. The molecule has 0 spiro atoms. The second-order valence-corrected chi connectivity index (χ2v) is 7.57. The van der Waals surface area contributed by atoms with Gasteiger partial charge in [-0.05, 0) is 44.6 Å². The molecule has 0 fully saturated rings. The lowest BCUT2D eigenvalue weighted by atomic mass is 10.0. The van der Waals surface area contributed by atoms with Crippen LogP contribution < -0.4 is 4.74 Å². The number of aromatic nitrogens is 1. The van der Waals surface area contributed by atoms with Crippen LogP contribution in [0.3, 0.4) is 0 Å². The van der Waals surface area contributed by atoms with Crippen molar-refractivity contribution in [1.29, 1.82) is 0 Å². The Hall–Kier alpha value is -4.26. The third-order valence-corrected chi connectivity index (χ3v) is 4.98. The van der Waals surface area contributed by atoms with Crippen molar-refractivity contribution in [3.8, 4) is 11.5 Å². The second kappa shape index (κ2) is 9.48. The number of nitrogens with zero attached hydrogens (tertiary/aromatic N) is 4. The maximum Gasteiger partial charge on any atom is 0.324 e. The van der Waals surface area contributed by atoms with Crippen LogP contribution in [-0.4, -0.2) is 50.5 Å². The van der Waals surface area contributed by atoms with Crippen molar-refractivity contribution in [2.75, 3.05) is 20.7 Å². The summed E-state index contributed by atoms with van der Waals surface area (Å²) in [4.78, 5) is 33.4. The average Bonchev–Trinajstić information content (AvgIpc) is 3.16. The molecule has 4 rings (SSSR count). The number of aromatic amines is 1. The third-order valence-electron chi connectivity index (χ3n) is 4.98. The molecule has 0 bridgehead atoms. The summed E-state index contributed by atoms with van der Waals surface area (Å²) in [5.74, 6) is -0.150. The van der Waals surface area contributed by atoms with Gasteiger partial charge in [-0.1, -0.05) is 0 Å². The lowest BCUT2D eigenvalue weighted by Crippen LogP contribution is -2.10. The zero-order chi connectivity index (χ0) is 24.3. The Morgan fingerprint density at radius 1 is 1.06 bits per heavy atom. The zero-order valence-corrected chi connectivity index (χ0v) is 17.8. The predicted octanol–water partition coefficient (Wildman–Crippen LogP) is 3.67. The topological polar surface area (TPSA) is 178 Å². The molecule has 2 heterocycles. The van der Waals surface area contributed by atoms with E-state index in [1.54, 1.807) is 0 Å². The summed E-state index contributed by atoms with van der Waals surface area (Å²) < 4.78 is 5.69. The molecule has 0 radical (unpaired) electrons. The van der Waals surface area contributed by atoms with Gasteiger partial charge in [-0.2, -0.15) is 0 Å². The van der Waals surface area contributed by atoms with Gasteiger partial charge in [0.25, 0.3) is 11.4 Å². The van der Waals surface area contributed by atoms with Crippen LogP contribution in [0.4, 0.5) is 17.1 Å². The van der Waals surface area contributed by atoms with Gasteiger partial charge in [-0.15, -0.1) is 0 Å². The number of phenols is 1. The van der Waals surface area contributed by atoms with Crippen molar-refractivity contribution in [2.45, 2.75) is 19.4 Å². The van der Waals surface area contributed by atoms with E-state index >= 15 is 0 Å². The minimum Gasteiger partial charge on any atom is -0.497 e. The van der Waals surface area contributed by atoms with E-state index in [0.29, 0.717) is 12.1 Å². The number of nitro benzene ring substituents is 3. The summed E-state index contributed by atoms with van der Waals surface area (Å²) in [6, 6.07) is 5.18. The monoisotopic (exact) mass is 459 g/mol. The normalized spacial score (nSPS) is 12.5. The van der Waals surface area contributed by atoms with Gasteiger partial charge >= 0.3 is 11.4 Å². The maximum atomic E-state index is 10.4. The molecule has 0 saturated carbocycles. The summed E-state index contributed by atoms with van der Waals surface area (Å²) >= 11 is 0. The highest BCUT2D eigenvalue weighted by Crippen LogP contribution is 2.39. The molecule has 13 nitrogen and oxygen atoms in total. The van der Waals surface area contributed by atoms with E-state index in [1.165, 1.54) is 22.0 Å². The molecule has 3 aromatic rings. The standard InChI is InChI=1S/C14H18N2O.C6H3N3O7/c1-16(2)9-10-8-15-14-11(10)5-6-13-12(14)4-3-7-17-13;10-6-4(8(13)14)1-3(7(11)12)2-5(6)9(15)16/h5-6,8,15H,3-4,7,9H2,1-2H3;1-2,10H. The molecular formula is C20H21N5O8. The van der Waals surface area contributed by atoms with Crippen molar-refractivity contribution in [3.63, 3.8) is 0 Å². The number of fused-ring (bicyclic) bond motifs is 3. The van der Waals surface area contributed by atoms with Gasteiger partial charge in [0.1, 0.15) is 5.75 Å². The first-order valence-corrected chi connectivity index (χ1v) is 9.79. The Morgan fingerprint density at radius 3 is 2.24 bits per heavy atom. The molecule has 1 aliphatic heterocycles. The molecule has 2 N–H and O–H groups in total. The fourth-order valence-corrected chi connectivity index (χ4v) is 3.56. The summed E-state index contributed by atoms with van der Waals surface area (Å²) in [6.07, 6.45) is 4.36. The van der Waals surface area contributed by atoms with E-state index in [-0.39, 0.29) is 0 Å². The molecule has 13 heteroatoms. The van der Waals surface area contributed by atoms with E-state index < -0.39 is 37.6 Å². The first-order valence-electron chi connectivity index (χ1n) is 9.79. The number of rotatable bonds is 5. The molecule has 33 heavy (non-hydrogen) atoms. The number of phenolic OH excluding ortho intramolecular Hbond substituents is 1. The van der Waals surface area contributed by atoms with E-state index in [9.17, 15) is 30.3 Å². The highest BCUT2D eigenvalue weighted by atomic mass is 16.6. The van der Waals surface area contributed by atoms with Gasteiger partial charge in [-0.3, -0.25) is 30.3 Å². The number of aromatic hydroxyl groups is 1. The largest absolute Gasteiger partial charge is 0.497 e. The quantitative estimate of drug-likeness (QED) is 0.425. The summed E-state index contributed by atoms with van der Waals surface area (Å²) in [5.41, 5.74) is 0.967. The molecule has 0 unspecified atom stereocenters. The fourth-order valence-electron chi connectivity index (χ4n) is 3.56. The smallest absolute Gasteiger partial charge is 0.324 e. The first kappa shape index (κ1) is 23.4. The minimum absolute atomic E-state index is 0.447. The highest BCUT2D eigenvalue weighted by molar-refractivity contribution is 5.88. The lowest BCUT2D eigenvalue weighted by molar-refractivity contribution is -0.404. The number of nitrogens with one attached hydrogen (secondary N) is 1. The minimum atomic E-state index is -1.21. The van der Waals surface area contributed by atoms with Gasteiger partial charge in [0.15, 0.2) is 0 Å². The Kier molecular flexibility index (Phi) is 6.72. The van der Waals surface area contributed by atoms with Crippen molar-refractivity contribution < 1.29 is 24.6 Å². The van der Waals surface area contributed by atoms with Crippen LogP contribution in [0.15, 0.2) is 30.5 Å². The van der Waals surface area contributed by atoms with Crippen LogP contribution in [0.2, 0.25) is 0 Å². The number of non-ortho nitro benzene ring substituents is 1. The molecule has 0 aliphatic carbocycles. The Bertz CT molecular complexity index is 1200.